The van der Waals surface area contributed by atoms with Crippen LogP contribution in [0, 0.1) is 20.2 Å². The highest BCUT2D eigenvalue weighted by Crippen LogP contribution is 2.29. The maximum absolute atomic E-state index is 11.7. The van der Waals surface area contributed by atoms with Crippen LogP contribution in [-0.2, 0) is 37.9 Å². The number of fused-ring (bicyclic) bond motifs is 2. The molecule has 0 aliphatic carbocycles. The number of nitrogens with one attached hydrogen (secondary N) is 1. The minimum atomic E-state index is -4.08. The summed E-state index contributed by atoms with van der Waals surface area (Å²) in [6.07, 6.45) is 2.51. The zero-order valence-corrected chi connectivity index (χ0v) is 23.0. The van der Waals surface area contributed by atoms with Gasteiger partial charge in [-0.1, -0.05) is 0 Å². The number of hydrogen-bond acceptors (Lipinski definition) is 11. The fourth-order valence-electron chi connectivity index (χ4n) is 4.33. The fraction of sp³-hybridized carbons (Fsp3) is 0.182. The number of hydrogen-bond donors (Lipinski definition) is 4. The number of aliphatic imine (C=N–C) groups is 1. The molecule has 2 aromatic carbocycles. The molecule has 0 radical (unpaired) electrons. The number of sulfonamides is 2. The summed E-state index contributed by atoms with van der Waals surface area (Å²) in [5, 5.41) is 35.3. The molecular formula is C22H23N9O9S2. The molecule has 0 spiro atoms. The lowest BCUT2D eigenvalue weighted by Crippen LogP contribution is -2.23. The molecule has 1 aliphatic heterocycles. The van der Waals surface area contributed by atoms with Gasteiger partial charge in [0.1, 0.15) is 22.2 Å². The van der Waals surface area contributed by atoms with Crippen molar-refractivity contribution in [2.75, 3.05) is 13.1 Å². The Kier molecular flexibility index (Phi) is 7.98. The van der Waals surface area contributed by atoms with E-state index >= 15 is 0 Å². The molecule has 0 atom stereocenters. The number of nitro groups is 2. The zero-order valence-electron chi connectivity index (χ0n) is 21.4. The molecule has 0 saturated heterocycles. The molecule has 0 saturated carbocycles. The summed E-state index contributed by atoms with van der Waals surface area (Å²) in [5.74, 6) is 0.0532. The number of rotatable bonds is 8. The van der Waals surface area contributed by atoms with Gasteiger partial charge < -0.3 is 20.2 Å². The summed E-state index contributed by atoms with van der Waals surface area (Å²) in [6.45, 7) is 1.50. The van der Waals surface area contributed by atoms with Gasteiger partial charge in [0, 0.05) is 54.0 Å². The third-order valence-electron chi connectivity index (χ3n) is 6.08. The molecule has 7 N–H and O–H groups in total. The first-order chi connectivity index (χ1) is 19.6. The summed E-state index contributed by atoms with van der Waals surface area (Å²) < 4.78 is 49.4. The van der Waals surface area contributed by atoms with Gasteiger partial charge in [0.2, 0.25) is 26.0 Å². The van der Waals surface area contributed by atoms with E-state index in [1.807, 2.05) is 0 Å². The third-order valence-corrected chi connectivity index (χ3v) is 7.96. The van der Waals surface area contributed by atoms with Crippen LogP contribution in [0.3, 0.4) is 0 Å². The van der Waals surface area contributed by atoms with Crippen molar-refractivity contribution in [1.29, 1.82) is 0 Å². The number of non-ortho nitro benzene ring substituents is 2. The van der Waals surface area contributed by atoms with Crippen LogP contribution in [0.2, 0.25) is 0 Å². The molecule has 0 bridgehead atoms. The Hall–Kier alpha value is -4.92. The minimum Gasteiger partial charge on any atom is -0.370 e. The molecular weight excluding hydrogens is 598 g/mol. The first-order valence-electron chi connectivity index (χ1n) is 11.7. The molecule has 1 amide bonds. The normalized spacial score (nSPS) is 13.3. The maximum Gasteiger partial charge on any atom is 0.270 e. The molecule has 18 nitrogen and oxygen atoms in total. The van der Waals surface area contributed by atoms with Crippen molar-refractivity contribution in [2.24, 2.45) is 21.0 Å². The number of benzene rings is 2. The van der Waals surface area contributed by atoms with Gasteiger partial charge in [0.15, 0.2) is 0 Å². The van der Waals surface area contributed by atoms with Crippen LogP contribution in [0.5, 0.6) is 0 Å². The number of nitrogens with zero attached hydrogens (tertiary/aromatic N) is 5. The largest absolute Gasteiger partial charge is 0.370 e. The van der Waals surface area contributed by atoms with Gasteiger partial charge in [-0.3, -0.25) is 30.0 Å². The monoisotopic (exact) mass is 621 g/mol. The van der Waals surface area contributed by atoms with Gasteiger partial charge in [0.25, 0.3) is 11.4 Å². The molecule has 2 aromatic heterocycles. The first-order valence-corrected chi connectivity index (χ1v) is 14.8. The molecule has 42 heavy (non-hydrogen) atoms. The van der Waals surface area contributed by atoms with Crippen molar-refractivity contribution in [1.82, 2.24) is 14.5 Å². The van der Waals surface area contributed by atoms with E-state index in [4.69, 9.17) is 16.0 Å². The van der Waals surface area contributed by atoms with E-state index in [0.717, 1.165) is 24.6 Å². The van der Waals surface area contributed by atoms with Crippen molar-refractivity contribution >= 4 is 65.0 Å². The van der Waals surface area contributed by atoms with Gasteiger partial charge in [-0.2, -0.15) is 0 Å². The topological polar surface area (TPSA) is 284 Å². The van der Waals surface area contributed by atoms with Crippen LogP contribution in [0.25, 0.3) is 21.8 Å². The second-order valence-corrected chi connectivity index (χ2v) is 12.0. The Balaban J connectivity index is 0.000000194. The molecule has 20 heteroatoms. The van der Waals surface area contributed by atoms with E-state index in [1.54, 1.807) is 4.57 Å². The predicted molar refractivity (Wildman–Crippen MR) is 149 cm³/mol. The molecule has 4 aromatic rings. The van der Waals surface area contributed by atoms with E-state index in [1.165, 1.54) is 41.1 Å². The van der Waals surface area contributed by atoms with Crippen LogP contribution < -0.4 is 21.3 Å². The average molecular weight is 622 g/mol. The van der Waals surface area contributed by atoms with E-state index in [-0.39, 0.29) is 38.5 Å². The van der Waals surface area contributed by atoms with Gasteiger partial charge in [0.05, 0.1) is 34.0 Å². The standard InChI is InChI=1S/C12H13N5O4S.C10H10N4O5S/c13-22(20,21)11-6-16(7-12-14-3-4-15-12)10-2-1-8(17(18)19)5-9(10)11;11-10(15)5-13-4-9(20(12,18)19)7-3-6(14(16)17)1-2-8(7)13/h1-2,5-6H,3-4,7H2,(H,14,15)(H2,13,20,21);1-4H,5H2,(H2,11,15)(H2,12,18,19). The minimum absolute atomic E-state index is 0.0722. The van der Waals surface area contributed by atoms with Gasteiger partial charge in [-0.25, -0.2) is 27.1 Å². The lowest BCUT2D eigenvalue weighted by Gasteiger charge is -2.05. The Morgan fingerprint density at radius 3 is 1.76 bits per heavy atom. The number of aromatic nitrogens is 2. The Bertz CT molecular complexity index is 2010. The summed E-state index contributed by atoms with van der Waals surface area (Å²) in [5.41, 5.74) is 5.46. The van der Waals surface area contributed by atoms with Crippen LogP contribution in [-0.4, -0.2) is 60.6 Å². The van der Waals surface area contributed by atoms with Crippen LogP contribution in [0.1, 0.15) is 0 Å². The van der Waals surface area contributed by atoms with Gasteiger partial charge in [-0.15, -0.1) is 0 Å². The summed E-state index contributed by atoms with van der Waals surface area (Å²) in [6, 6.07) is 7.69. The SMILES string of the molecule is NC(=O)Cn1cc(S(N)(=O)=O)c2cc([N+](=O)[O-])ccc21.NS(=O)(=O)c1cn(CC2=NCCN2)c2ccc([N+](=O)[O-])cc12. The summed E-state index contributed by atoms with van der Waals surface area (Å²) in [7, 11) is -8.07. The van der Waals surface area contributed by atoms with Gasteiger partial charge in [-0.05, 0) is 12.1 Å². The van der Waals surface area contributed by atoms with E-state index in [0.29, 0.717) is 24.1 Å². The van der Waals surface area contributed by atoms with E-state index < -0.39 is 35.8 Å². The Morgan fingerprint density at radius 2 is 1.36 bits per heavy atom. The third kappa shape index (κ3) is 6.35. The maximum atomic E-state index is 11.7. The number of nitro benzene ring substituents is 2. The van der Waals surface area contributed by atoms with Crippen LogP contribution in [0.4, 0.5) is 11.4 Å². The first kappa shape index (κ1) is 30.0. The number of amides is 1. The van der Waals surface area contributed by atoms with E-state index in [2.05, 4.69) is 10.3 Å². The van der Waals surface area contributed by atoms with Crippen molar-refractivity contribution in [2.45, 2.75) is 22.9 Å². The smallest absolute Gasteiger partial charge is 0.270 e. The molecule has 222 valence electrons. The number of carbonyl (C=O) groups excluding carboxylic acids is 1. The molecule has 0 unspecified atom stereocenters. The molecule has 0 fully saturated rings. The quantitative estimate of drug-likeness (QED) is 0.149. The highest BCUT2D eigenvalue weighted by molar-refractivity contribution is 7.89. The van der Waals surface area contributed by atoms with Crippen molar-refractivity contribution < 1.29 is 31.5 Å². The Labute approximate surface area is 236 Å². The average Bonchev–Trinajstić information content (AvgIpc) is 3.61. The highest BCUT2D eigenvalue weighted by atomic mass is 32.2. The van der Waals surface area contributed by atoms with Crippen molar-refractivity contribution in [3.63, 3.8) is 0 Å². The number of primary sulfonamides is 2. The number of nitrogens with two attached hydrogens (primary N) is 3. The summed E-state index contributed by atoms with van der Waals surface area (Å²) in [4.78, 5) is 35.2. The van der Waals surface area contributed by atoms with Crippen LogP contribution >= 0.6 is 0 Å². The highest BCUT2D eigenvalue weighted by Gasteiger charge is 2.22. The molecule has 1 aliphatic rings. The Morgan fingerprint density at radius 1 is 0.881 bits per heavy atom. The van der Waals surface area contributed by atoms with Crippen molar-refractivity contribution in [3.8, 4) is 0 Å². The molecule has 5 rings (SSSR count). The fourth-order valence-corrected chi connectivity index (χ4v) is 5.82. The predicted octanol–water partition coefficient (Wildman–Crippen LogP) is -0.119. The van der Waals surface area contributed by atoms with Crippen molar-refractivity contribution in [3.05, 3.63) is 69.0 Å². The number of carbonyl (C=O) groups is 1. The van der Waals surface area contributed by atoms with Gasteiger partial charge >= 0.3 is 0 Å². The number of primary amides is 1. The second kappa shape index (κ2) is 11.2. The lowest BCUT2D eigenvalue weighted by atomic mass is 10.2. The zero-order chi connectivity index (χ0) is 31.0. The number of amidine groups is 1. The lowest BCUT2D eigenvalue weighted by molar-refractivity contribution is -0.384. The van der Waals surface area contributed by atoms with E-state index in [9.17, 15) is 41.9 Å². The second-order valence-electron chi connectivity index (χ2n) is 8.97. The molecule has 3 heterocycles. The van der Waals surface area contributed by atoms with Crippen LogP contribution in [0.15, 0.2) is 63.6 Å². The summed E-state index contributed by atoms with van der Waals surface area (Å²) >= 11 is 0.